The molecular weight excluding hydrogens is 527 g/mol. The Morgan fingerprint density at radius 3 is 2.26 bits per heavy atom. The molecular formula is C27H28Cl2N6O3. The second kappa shape index (κ2) is 11.1. The maximum atomic E-state index is 13.1. The molecule has 4 aromatic rings. The van der Waals surface area contributed by atoms with E-state index in [0.717, 1.165) is 38.4 Å². The first-order valence-electron chi connectivity index (χ1n) is 12.3. The quantitative estimate of drug-likeness (QED) is 0.318. The molecule has 1 saturated heterocycles. The van der Waals surface area contributed by atoms with Crippen LogP contribution in [0.1, 0.15) is 17.4 Å². The molecule has 198 valence electrons. The van der Waals surface area contributed by atoms with Crippen molar-refractivity contribution in [3.05, 3.63) is 58.2 Å². The zero-order valence-corrected chi connectivity index (χ0v) is 22.9. The second-order valence-electron chi connectivity index (χ2n) is 8.87. The molecule has 0 radical (unpaired) electrons. The summed E-state index contributed by atoms with van der Waals surface area (Å²) >= 11 is 13.1. The molecule has 2 aromatic heterocycles. The van der Waals surface area contributed by atoms with E-state index in [1.54, 1.807) is 18.2 Å². The number of fused-ring (bicyclic) bond motifs is 1. The smallest absolute Gasteiger partial charge is 0.276 e. The Hall–Kier alpha value is -3.53. The minimum Gasteiger partial charge on any atom is -0.495 e. The molecule has 0 unspecified atom stereocenters. The van der Waals surface area contributed by atoms with Gasteiger partial charge in [-0.25, -0.2) is 4.98 Å². The minimum absolute atomic E-state index is 0.235. The number of hydrogen-bond donors (Lipinski definition) is 2. The van der Waals surface area contributed by atoms with Gasteiger partial charge < -0.3 is 24.6 Å². The fourth-order valence-electron chi connectivity index (χ4n) is 4.60. The molecule has 38 heavy (non-hydrogen) atoms. The van der Waals surface area contributed by atoms with Gasteiger partial charge in [0.25, 0.3) is 5.91 Å². The molecule has 0 bridgehead atoms. The van der Waals surface area contributed by atoms with Gasteiger partial charge in [-0.05, 0) is 42.9 Å². The van der Waals surface area contributed by atoms with Crippen LogP contribution >= 0.6 is 23.2 Å². The van der Waals surface area contributed by atoms with Crippen LogP contribution in [0.3, 0.4) is 0 Å². The number of hydrogen-bond acceptors (Lipinski definition) is 7. The van der Waals surface area contributed by atoms with Crippen molar-refractivity contribution in [1.29, 1.82) is 0 Å². The number of nitrogens with one attached hydrogen (secondary N) is 2. The number of rotatable bonds is 7. The Labute approximate surface area is 230 Å². The Bertz CT molecular complexity index is 1440. The van der Waals surface area contributed by atoms with Crippen LogP contribution < -0.4 is 19.7 Å². The van der Waals surface area contributed by atoms with Gasteiger partial charge in [0.1, 0.15) is 11.5 Å². The number of H-pyrrole nitrogens is 1. The molecule has 2 aromatic carbocycles. The van der Waals surface area contributed by atoms with Crippen LogP contribution in [0.25, 0.3) is 22.3 Å². The average Bonchev–Trinajstić information content (AvgIpc) is 3.37. The highest BCUT2D eigenvalue weighted by Gasteiger charge is 2.22. The molecule has 9 nitrogen and oxygen atoms in total. The Balaban J connectivity index is 1.35. The predicted octanol–water partition coefficient (Wildman–Crippen LogP) is 5.34. The summed E-state index contributed by atoms with van der Waals surface area (Å²) in [4.78, 5) is 22.5. The molecule has 3 heterocycles. The first-order valence-corrected chi connectivity index (χ1v) is 13.0. The highest BCUT2D eigenvalue weighted by molar-refractivity contribution is 6.41. The molecule has 1 fully saturated rings. The largest absolute Gasteiger partial charge is 0.495 e. The van der Waals surface area contributed by atoms with Crippen molar-refractivity contribution >= 4 is 51.5 Å². The van der Waals surface area contributed by atoms with E-state index in [4.69, 9.17) is 32.7 Å². The third-order valence-corrected chi connectivity index (χ3v) is 7.53. The number of amides is 1. The van der Waals surface area contributed by atoms with Gasteiger partial charge in [-0.3, -0.25) is 9.89 Å². The number of likely N-dealkylation sites (N-methyl/N-ethyl adjacent to an activating group) is 1. The maximum Gasteiger partial charge on any atom is 0.276 e. The van der Waals surface area contributed by atoms with Gasteiger partial charge in [0.15, 0.2) is 11.3 Å². The summed E-state index contributed by atoms with van der Waals surface area (Å²) in [7, 11) is 3.02. The number of carbonyl (C=O) groups is 1. The van der Waals surface area contributed by atoms with Crippen LogP contribution in [-0.4, -0.2) is 72.9 Å². The topological polar surface area (TPSA) is 95.6 Å². The van der Waals surface area contributed by atoms with Gasteiger partial charge in [0.05, 0.1) is 35.3 Å². The standard InChI is InChI=1S/C27H28Cl2N6O3/c1-4-34-11-13-35(14-12-34)17-7-5-16(6-8-17)30-27(36)25-18-9-10-19(31-26(18)33-32-25)22-23(28)20(37-2)15-21(38-3)24(22)29/h5-10,15H,4,11-14H2,1-3H3,(H,30,36)(H,31,32,33). The van der Waals surface area contributed by atoms with Crippen LogP contribution in [0.2, 0.25) is 10.0 Å². The lowest BCUT2D eigenvalue weighted by molar-refractivity contribution is 0.102. The van der Waals surface area contributed by atoms with Crippen LogP contribution in [0.15, 0.2) is 42.5 Å². The van der Waals surface area contributed by atoms with Crippen molar-refractivity contribution in [2.45, 2.75) is 6.92 Å². The fraction of sp³-hybridized carbons (Fsp3) is 0.296. The maximum absolute atomic E-state index is 13.1. The van der Waals surface area contributed by atoms with Crippen molar-refractivity contribution in [2.24, 2.45) is 0 Å². The first-order chi connectivity index (χ1) is 18.4. The van der Waals surface area contributed by atoms with Crippen LogP contribution in [0, 0.1) is 0 Å². The molecule has 0 atom stereocenters. The summed E-state index contributed by atoms with van der Waals surface area (Å²) in [5, 5.41) is 11.2. The summed E-state index contributed by atoms with van der Waals surface area (Å²) in [6, 6.07) is 13.0. The van der Waals surface area contributed by atoms with Gasteiger partial charge in [-0.2, -0.15) is 5.10 Å². The monoisotopic (exact) mass is 554 g/mol. The van der Waals surface area contributed by atoms with E-state index in [-0.39, 0.29) is 11.6 Å². The van der Waals surface area contributed by atoms with Gasteiger partial charge in [0, 0.05) is 49.2 Å². The number of nitrogens with zero attached hydrogens (tertiary/aromatic N) is 4. The molecule has 0 aliphatic carbocycles. The molecule has 0 spiro atoms. The Kier molecular flexibility index (Phi) is 7.60. The first kappa shape index (κ1) is 26.1. The van der Waals surface area contributed by atoms with Gasteiger partial charge >= 0.3 is 0 Å². The average molecular weight is 555 g/mol. The highest BCUT2D eigenvalue weighted by Crippen LogP contribution is 2.45. The number of halogens is 2. The normalized spacial score (nSPS) is 14.1. The third-order valence-electron chi connectivity index (χ3n) is 6.78. The molecule has 5 rings (SSSR count). The van der Waals surface area contributed by atoms with Gasteiger partial charge in [-0.1, -0.05) is 30.1 Å². The van der Waals surface area contributed by atoms with Crippen molar-refractivity contribution in [3.8, 4) is 22.8 Å². The second-order valence-corrected chi connectivity index (χ2v) is 9.63. The van der Waals surface area contributed by atoms with E-state index in [1.165, 1.54) is 14.2 Å². The zero-order chi connectivity index (χ0) is 26.8. The molecule has 0 saturated carbocycles. The van der Waals surface area contributed by atoms with Crippen molar-refractivity contribution in [1.82, 2.24) is 20.1 Å². The van der Waals surface area contributed by atoms with Gasteiger partial charge in [-0.15, -0.1) is 0 Å². The lowest BCUT2D eigenvalue weighted by Gasteiger charge is -2.35. The predicted molar refractivity (Wildman–Crippen MR) is 151 cm³/mol. The van der Waals surface area contributed by atoms with Gasteiger partial charge in [0.2, 0.25) is 0 Å². The van der Waals surface area contributed by atoms with E-state index >= 15 is 0 Å². The number of anilines is 2. The van der Waals surface area contributed by atoms with Crippen LogP contribution in [-0.2, 0) is 0 Å². The molecule has 1 amide bonds. The molecule has 2 N–H and O–H groups in total. The summed E-state index contributed by atoms with van der Waals surface area (Å²) in [6.07, 6.45) is 0. The summed E-state index contributed by atoms with van der Waals surface area (Å²) in [5.41, 5.74) is 3.43. The third kappa shape index (κ3) is 4.97. The van der Waals surface area contributed by atoms with Crippen molar-refractivity contribution in [3.63, 3.8) is 0 Å². The summed E-state index contributed by atoms with van der Waals surface area (Å²) in [5.74, 6) is 0.474. The molecule has 11 heteroatoms. The fourth-order valence-corrected chi connectivity index (χ4v) is 5.29. The zero-order valence-electron chi connectivity index (χ0n) is 21.3. The SMILES string of the molecule is CCN1CCN(c2ccc(NC(=O)c3n[nH]c4nc(-c5c(Cl)c(OC)cc(OC)c5Cl)ccc34)cc2)CC1. The number of benzene rings is 2. The van der Waals surface area contributed by atoms with E-state index in [2.05, 4.69) is 37.2 Å². The number of aromatic amines is 1. The molecule has 1 aliphatic heterocycles. The van der Waals surface area contributed by atoms with Crippen LogP contribution in [0.5, 0.6) is 11.5 Å². The summed E-state index contributed by atoms with van der Waals surface area (Å²) < 4.78 is 10.7. The number of ether oxygens (including phenoxy) is 2. The number of pyridine rings is 1. The number of piperazine rings is 1. The van der Waals surface area contributed by atoms with E-state index in [0.29, 0.717) is 49.5 Å². The van der Waals surface area contributed by atoms with Crippen molar-refractivity contribution in [2.75, 3.05) is 57.2 Å². The van der Waals surface area contributed by atoms with E-state index < -0.39 is 0 Å². The number of methoxy groups -OCH3 is 2. The Morgan fingerprint density at radius 2 is 1.66 bits per heavy atom. The number of carbonyl (C=O) groups excluding carboxylic acids is 1. The lowest BCUT2D eigenvalue weighted by Crippen LogP contribution is -2.46. The summed E-state index contributed by atoms with van der Waals surface area (Å²) in [6.45, 7) is 7.36. The molecule has 1 aliphatic rings. The highest BCUT2D eigenvalue weighted by atomic mass is 35.5. The Morgan fingerprint density at radius 1 is 1.00 bits per heavy atom. The lowest BCUT2D eigenvalue weighted by atomic mass is 10.1. The van der Waals surface area contributed by atoms with E-state index in [9.17, 15) is 4.79 Å². The minimum atomic E-state index is -0.339. The van der Waals surface area contributed by atoms with Crippen LogP contribution in [0.4, 0.5) is 11.4 Å². The van der Waals surface area contributed by atoms with E-state index in [1.807, 2.05) is 24.3 Å². The number of aromatic nitrogens is 3. The van der Waals surface area contributed by atoms with Crippen molar-refractivity contribution < 1.29 is 14.3 Å².